The quantitative estimate of drug-likeness (QED) is 0.495. The summed E-state index contributed by atoms with van der Waals surface area (Å²) < 4.78 is 0. The molecule has 2 unspecified atom stereocenters. The minimum atomic E-state index is -0.111. The van der Waals surface area contributed by atoms with Crippen molar-refractivity contribution in [3.8, 4) is 0 Å². The molecule has 0 aromatic heterocycles. The summed E-state index contributed by atoms with van der Waals surface area (Å²) in [4.78, 5) is 11.0. The molecule has 0 radical (unpaired) electrons. The van der Waals surface area contributed by atoms with Gasteiger partial charge >= 0.3 is 0 Å². The third kappa shape index (κ3) is 2.46. The molecular formula is C13H22O. The van der Waals surface area contributed by atoms with Crippen LogP contribution in [0.2, 0.25) is 0 Å². The van der Waals surface area contributed by atoms with E-state index in [1.165, 1.54) is 6.42 Å². The van der Waals surface area contributed by atoms with Crippen molar-refractivity contribution in [2.24, 2.45) is 17.3 Å². The first-order chi connectivity index (χ1) is 6.48. The topological polar surface area (TPSA) is 17.1 Å². The average molecular weight is 194 g/mol. The van der Waals surface area contributed by atoms with Crippen LogP contribution in [0.25, 0.3) is 0 Å². The standard InChI is InChI=1S/C13H22O/c1-10(2)7-12-5-6-13(4,9-14)11(3)8-12/h5,9-11H,6-8H2,1-4H3. The van der Waals surface area contributed by atoms with Crippen molar-refractivity contribution in [1.82, 2.24) is 0 Å². The van der Waals surface area contributed by atoms with E-state index < -0.39 is 0 Å². The molecule has 1 heteroatoms. The Morgan fingerprint density at radius 3 is 2.71 bits per heavy atom. The van der Waals surface area contributed by atoms with E-state index in [2.05, 4.69) is 33.8 Å². The van der Waals surface area contributed by atoms with Crippen molar-refractivity contribution < 1.29 is 4.79 Å². The maximum atomic E-state index is 11.0. The van der Waals surface area contributed by atoms with Crippen LogP contribution in [0.5, 0.6) is 0 Å². The molecule has 0 amide bonds. The molecular weight excluding hydrogens is 172 g/mol. The predicted octanol–water partition coefficient (Wildman–Crippen LogP) is 3.59. The summed E-state index contributed by atoms with van der Waals surface area (Å²) >= 11 is 0. The van der Waals surface area contributed by atoms with E-state index >= 15 is 0 Å². The van der Waals surface area contributed by atoms with Gasteiger partial charge in [-0.25, -0.2) is 0 Å². The van der Waals surface area contributed by atoms with Crippen molar-refractivity contribution in [2.45, 2.75) is 47.0 Å². The van der Waals surface area contributed by atoms with Crippen LogP contribution in [0, 0.1) is 17.3 Å². The molecule has 1 aliphatic carbocycles. The van der Waals surface area contributed by atoms with E-state index in [0.29, 0.717) is 5.92 Å². The molecule has 0 bridgehead atoms. The lowest BCUT2D eigenvalue weighted by Crippen LogP contribution is -2.30. The molecule has 80 valence electrons. The lowest BCUT2D eigenvalue weighted by molar-refractivity contribution is -0.117. The summed E-state index contributed by atoms with van der Waals surface area (Å²) in [7, 11) is 0. The summed E-state index contributed by atoms with van der Waals surface area (Å²) in [6, 6.07) is 0. The van der Waals surface area contributed by atoms with Gasteiger partial charge in [0.05, 0.1) is 0 Å². The molecule has 1 nitrogen and oxygen atoms in total. The molecule has 0 aromatic rings. The molecule has 0 heterocycles. The number of allylic oxidation sites excluding steroid dienone is 2. The Bertz CT molecular complexity index is 240. The highest BCUT2D eigenvalue weighted by molar-refractivity contribution is 5.60. The predicted molar refractivity (Wildman–Crippen MR) is 60.1 cm³/mol. The van der Waals surface area contributed by atoms with Gasteiger partial charge in [-0.2, -0.15) is 0 Å². The van der Waals surface area contributed by atoms with E-state index in [-0.39, 0.29) is 5.41 Å². The van der Waals surface area contributed by atoms with E-state index in [9.17, 15) is 4.79 Å². The molecule has 1 rings (SSSR count). The van der Waals surface area contributed by atoms with E-state index in [1.54, 1.807) is 5.57 Å². The van der Waals surface area contributed by atoms with Gasteiger partial charge in [-0.1, -0.05) is 39.3 Å². The zero-order chi connectivity index (χ0) is 10.8. The fraction of sp³-hybridized carbons (Fsp3) is 0.769. The molecule has 2 atom stereocenters. The van der Waals surface area contributed by atoms with Gasteiger partial charge in [-0.05, 0) is 31.1 Å². The molecule has 0 spiro atoms. The lowest BCUT2D eigenvalue weighted by Gasteiger charge is -2.34. The van der Waals surface area contributed by atoms with Crippen LogP contribution in [-0.2, 0) is 4.79 Å². The van der Waals surface area contributed by atoms with Crippen molar-refractivity contribution in [3.63, 3.8) is 0 Å². The molecule has 0 aromatic carbocycles. The van der Waals surface area contributed by atoms with Gasteiger partial charge in [-0.15, -0.1) is 0 Å². The first kappa shape index (κ1) is 11.5. The minimum Gasteiger partial charge on any atom is -0.303 e. The largest absolute Gasteiger partial charge is 0.303 e. The van der Waals surface area contributed by atoms with Crippen molar-refractivity contribution in [3.05, 3.63) is 11.6 Å². The second kappa shape index (κ2) is 4.29. The highest BCUT2D eigenvalue weighted by atomic mass is 16.1. The first-order valence-corrected chi connectivity index (χ1v) is 5.62. The molecule has 14 heavy (non-hydrogen) atoms. The highest BCUT2D eigenvalue weighted by Crippen LogP contribution is 2.39. The van der Waals surface area contributed by atoms with E-state index in [4.69, 9.17) is 0 Å². The third-order valence-electron chi connectivity index (χ3n) is 3.46. The fourth-order valence-electron chi connectivity index (χ4n) is 2.13. The normalized spacial score (nSPS) is 32.9. The van der Waals surface area contributed by atoms with Crippen LogP contribution in [-0.4, -0.2) is 6.29 Å². The summed E-state index contributed by atoms with van der Waals surface area (Å²) in [6.45, 7) is 8.77. The molecule has 1 aliphatic rings. The van der Waals surface area contributed by atoms with Gasteiger partial charge < -0.3 is 4.79 Å². The van der Waals surface area contributed by atoms with Crippen LogP contribution in [0.3, 0.4) is 0 Å². The summed E-state index contributed by atoms with van der Waals surface area (Å²) in [5.74, 6) is 1.23. The molecule has 0 saturated heterocycles. The van der Waals surface area contributed by atoms with Crippen LogP contribution in [0.15, 0.2) is 11.6 Å². The lowest BCUT2D eigenvalue weighted by atomic mass is 9.69. The highest BCUT2D eigenvalue weighted by Gasteiger charge is 2.33. The third-order valence-corrected chi connectivity index (χ3v) is 3.46. The zero-order valence-electron chi connectivity index (χ0n) is 9.84. The number of carbonyl (C=O) groups excluding carboxylic acids is 1. The minimum absolute atomic E-state index is 0.111. The van der Waals surface area contributed by atoms with Crippen LogP contribution >= 0.6 is 0 Å². The Labute approximate surface area is 87.6 Å². The molecule has 0 aliphatic heterocycles. The Morgan fingerprint density at radius 2 is 2.29 bits per heavy atom. The first-order valence-electron chi connectivity index (χ1n) is 5.62. The average Bonchev–Trinajstić information content (AvgIpc) is 2.11. The van der Waals surface area contributed by atoms with Gasteiger partial charge in [0.15, 0.2) is 0 Å². The SMILES string of the molecule is CC(C)CC1=CCC(C)(C=O)C(C)C1. The van der Waals surface area contributed by atoms with Crippen LogP contribution in [0.4, 0.5) is 0 Å². The van der Waals surface area contributed by atoms with Gasteiger partial charge in [0.2, 0.25) is 0 Å². The summed E-state index contributed by atoms with van der Waals surface area (Å²) in [5.41, 5.74) is 1.44. The Hall–Kier alpha value is -0.590. The molecule has 0 saturated carbocycles. The second-order valence-corrected chi connectivity index (χ2v) is 5.39. The summed E-state index contributed by atoms with van der Waals surface area (Å²) in [6.07, 6.45) is 6.65. The van der Waals surface area contributed by atoms with Crippen LogP contribution < -0.4 is 0 Å². The Balaban J connectivity index is 2.67. The number of aldehydes is 1. The number of hydrogen-bond donors (Lipinski definition) is 0. The number of hydrogen-bond acceptors (Lipinski definition) is 1. The van der Waals surface area contributed by atoms with Gasteiger partial charge in [0.1, 0.15) is 6.29 Å². The maximum absolute atomic E-state index is 11.0. The van der Waals surface area contributed by atoms with E-state index in [1.807, 2.05) is 0 Å². The van der Waals surface area contributed by atoms with Gasteiger partial charge in [0, 0.05) is 5.41 Å². The van der Waals surface area contributed by atoms with E-state index in [0.717, 1.165) is 25.0 Å². The Morgan fingerprint density at radius 1 is 1.64 bits per heavy atom. The smallest absolute Gasteiger partial charge is 0.126 e. The zero-order valence-corrected chi connectivity index (χ0v) is 9.84. The fourth-order valence-corrected chi connectivity index (χ4v) is 2.13. The van der Waals surface area contributed by atoms with Gasteiger partial charge in [0.25, 0.3) is 0 Å². The number of rotatable bonds is 3. The van der Waals surface area contributed by atoms with Crippen molar-refractivity contribution >= 4 is 6.29 Å². The summed E-state index contributed by atoms with van der Waals surface area (Å²) in [5, 5.41) is 0. The van der Waals surface area contributed by atoms with Crippen LogP contribution in [0.1, 0.15) is 47.0 Å². The molecule has 0 fully saturated rings. The second-order valence-electron chi connectivity index (χ2n) is 5.39. The monoisotopic (exact) mass is 194 g/mol. The van der Waals surface area contributed by atoms with Crippen molar-refractivity contribution in [1.29, 1.82) is 0 Å². The number of carbonyl (C=O) groups is 1. The van der Waals surface area contributed by atoms with Gasteiger partial charge in [-0.3, -0.25) is 0 Å². The Kier molecular flexibility index (Phi) is 3.52. The van der Waals surface area contributed by atoms with Crippen molar-refractivity contribution in [2.75, 3.05) is 0 Å². The molecule has 0 N–H and O–H groups in total. The maximum Gasteiger partial charge on any atom is 0.126 e.